The number of carboxylic acids is 1. The van der Waals surface area contributed by atoms with Gasteiger partial charge in [-0.2, -0.15) is 0 Å². The maximum absolute atomic E-state index is 13.5. The summed E-state index contributed by atoms with van der Waals surface area (Å²) in [5.74, 6) is 0.538. The average molecular weight is 455 g/mol. The monoisotopic (exact) mass is 454 g/mol. The van der Waals surface area contributed by atoms with Crippen LogP contribution in [0.4, 0.5) is 0 Å². The summed E-state index contributed by atoms with van der Waals surface area (Å²) in [6.45, 7) is 3.01. The Labute approximate surface area is 195 Å². The highest BCUT2D eigenvalue weighted by molar-refractivity contribution is 5.88. The number of carbonyl (C=O) groups excluding carboxylic acids is 1. The molecule has 33 heavy (non-hydrogen) atoms. The zero-order valence-electron chi connectivity index (χ0n) is 19.7. The third kappa shape index (κ3) is 6.05. The molecule has 2 aromatic rings. The molecule has 0 saturated heterocycles. The van der Waals surface area contributed by atoms with Crippen LogP contribution in [0.5, 0.6) is 11.5 Å². The van der Waals surface area contributed by atoms with Crippen molar-refractivity contribution in [3.05, 3.63) is 59.7 Å². The van der Waals surface area contributed by atoms with E-state index in [0.717, 1.165) is 49.2 Å². The summed E-state index contributed by atoms with van der Waals surface area (Å²) in [5, 5.41) is 12.3. The van der Waals surface area contributed by atoms with Crippen LogP contribution in [0, 0.1) is 0 Å². The molecule has 1 amide bonds. The van der Waals surface area contributed by atoms with Crippen molar-refractivity contribution in [2.24, 2.45) is 0 Å². The predicted octanol–water partition coefficient (Wildman–Crippen LogP) is 4.28. The molecule has 2 N–H and O–H groups in total. The highest BCUT2D eigenvalue weighted by Gasteiger charge is 2.43. The fourth-order valence-corrected chi connectivity index (χ4v) is 4.45. The van der Waals surface area contributed by atoms with E-state index in [1.54, 1.807) is 31.4 Å². The molecule has 1 aliphatic carbocycles. The van der Waals surface area contributed by atoms with Gasteiger partial charge in [0.25, 0.3) is 0 Å². The molecule has 1 aliphatic rings. The number of amides is 1. The van der Waals surface area contributed by atoms with Crippen LogP contribution in [0.1, 0.15) is 61.0 Å². The van der Waals surface area contributed by atoms with Gasteiger partial charge in [0.2, 0.25) is 5.91 Å². The normalized spacial score (nSPS) is 16.1. The quantitative estimate of drug-likeness (QED) is 0.557. The van der Waals surface area contributed by atoms with E-state index >= 15 is 0 Å². The Morgan fingerprint density at radius 2 is 1.76 bits per heavy atom. The maximum Gasteiger partial charge on any atom is 0.335 e. The number of carbonyl (C=O) groups is 2. The summed E-state index contributed by atoms with van der Waals surface area (Å²) < 4.78 is 11.2. The largest absolute Gasteiger partial charge is 0.497 e. The van der Waals surface area contributed by atoms with E-state index in [1.165, 1.54) is 0 Å². The van der Waals surface area contributed by atoms with Gasteiger partial charge in [0, 0.05) is 12.6 Å². The van der Waals surface area contributed by atoms with Crippen LogP contribution in [0.25, 0.3) is 0 Å². The Morgan fingerprint density at radius 1 is 1.09 bits per heavy atom. The summed E-state index contributed by atoms with van der Waals surface area (Å²) >= 11 is 0. The van der Waals surface area contributed by atoms with Gasteiger partial charge < -0.3 is 19.9 Å². The molecular weight excluding hydrogens is 420 g/mol. The second-order valence-corrected chi connectivity index (χ2v) is 8.66. The average Bonchev–Trinajstić information content (AvgIpc) is 2.84. The SMILES string of the molecule is COc1cccc(OCCN(C)C2(C(=O)NC(C)c3ccc(C(=O)O)cc3)CCCCC2)c1. The van der Waals surface area contributed by atoms with Crippen LogP contribution in [-0.2, 0) is 4.79 Å². The number of ether oxygens (including phenoxy) is 2. The van der Waals surface area contributed by atoms with Crippen LogP contribution in [0.15, 0.2) is 48.5 Å². The number of hydrogen-bond donors (Lipinski definition) is 2. The zero-order valence-corrected chi connectivity index (χ0v) is 19.7. The summed E-state index contributed by atoms with van der Waals surface area (Å²) in [6.07, 6.45) is 4.76. The van der Waals surface area contributed by atoms with Crippen molar-refractivity contribution in [2.45, 2.75) is 50.6 Å². The van der Waals surface area contributed by atoms with Crippen molar-refractivity contribution < 1.29 is 24.2 Å². The summed E-state index contributed by atoms with van der Waals surface area (Å²) in [6, 6.07) is 13.9. The summed E-state index contributed by atoms with van der Waals surface area (Å²) in [4.78, 5) is 26.8. The van der Waals surface area contributed by atoms with E-state index in [-0.39, 0.29) is 17.5 Å². The number of carboxylic acid groups (broad SMARTS) is 1. The lowest BCUT2D eigenvalue weighted by atomic mass is 9.79. The molecule has 1 saturated carbocycles. The van der Waals surface area contributed by atoms with Crippen LogP contribution in [0.2, 0.25) is 0 Å². The molecule has 0 heterocycles. The van der Waals surface area contributed by atoms with Crippen LogP contribution < -0.4 is 14.8 Å². The number of hydrogen-bond acceptors (Lipinski definition) is 5. The Kier molecular flexibility index (Phi) is 8.33. The molecule has 7 heteroatoms. The lowest BCUT2D eigenvalue weighted by Crippen LogP contribution is -2.59. The van der Waals surface area contributed by atoms with Crippen molar-refractivity contribution in [3.63, 3.8) is 0 Å². The van der Waals surface area contributed by atoms with Gasteiger partial charge in [-0.25, -0.2) is 4.79 Å². The van der Waals surface area contributed by atoms with Gasteiger partial charge in [-0.15, -0.1) is 0 Å². The number of nitrogens with zero attached hydrogens (tertiary/aromatic N) is 1. The highest BCUT2D eigenvalue weighted by atomic mass is 16.5. The topological polar surface area (TPSA) is 88.1 Å². The second kappa shape index (κ2) is 11.2. The summed E-state index contributed by atoms with van der Waals surface area (Å²) in [7, 11) is 3.62. The molecular formula is C26H34N2O5. The Balaban J connectivity index is 1.64. The lowest BCUT2D eigenvalue weighted by Gasteiger charge is -2.43. The second-order valence-electron chi connectivity index (χ2n) is 8.66. The number of rotatable bonds is 10. The fourth-order valence-electron chi connectivity index (χ4n) is 4.45. The smallest absolute Gasteiger partial charge is 0.335 e. The third-order valence-corrected chi connectivity index (χ3v) is 6.58. The molecule has 178 valence electrons. The fraction of sp³-hybridized carbons (Fsp3) is 0.462. The van der Waals surface area contributed by atoms with E-state index in [9.17, 15) is 9.59 Å². The molecule has 1 unspecified atom stereocenters. The first-order chi connectivity index (χ1) is 15.9. The molecule has 1 atom stereocenters. The first-order valence-electron chi connectivity index (χ1n) is 11.5. The van der Waals surface area contributed by atoms with Gasteiger partial charge in [0.05, 0.1) is 18.7 Å². The Hall–Kier alpha value is -3.06. The van der Waals surface area contributed by atoms with Crippen molar-refractivity contribution in [2.75, 3.05) is 27.3 Å². The molecule has 0 radical (unpaired) electrons. The van der Waals surface area contributed by atoms with E-state index in [2.05, 4.69) is 10.2 Å². The molecule has 1 fully saturated rings. The standard InChI is InChI=1S/C26H34N2O5/c1-19(20-10-12-21(13-11-20)24(29)30)27-25(31)26(14-5-4-6-15-26)28(2)16-17-33-23-9-7-8-22(18-23)32-3/h7-13,18-19H,4-6,14-17H2,1-3H3,(H,27,31)(H,29,30). The predicted molar refractivity (Wildman–Crippen MR) is 127 cm³/mol. The highest BCUT2D eigenvalue weighted by Crippen LogP contribution is 2.34. The molecule has 0 aromatic heterocycles. The van der Waals surface area contributed by atoms with Gasteiger partial charge in [0.15, 0.2) is 0 Å². The molecule has 2 aromatic carbocycles. The van der Waals surface area contributed by atoms with Gasteiger partial charge >= 0.3 is 5.97 Å². The molecule has 0 bridgehead atoms. The lowest BCUT2D eigenvalue weighted by molar-refractivity contribution is -0.136. The van der Waals surface area contributed by atoms with Gasteiger partial charge in [-0.3, -0.25) is 9.69 Å². The number of nitrogens with one attached hydrogen (secondary N) is 1. The van der Waals surface area contributed by atoms with Gasteiger partial charge in [-0.1, -0.05) is 37.5 Å². The zero-order chi connectivity index (χ0) is 23.8. The van der Waals surface area contributed by atoms with Crippen LogP contribution in [0.3, 0.4) is 0 Å². The first kappa shape index (κ1) is 24.6. The number of benzene rings is 2. The van der Waals surface area contributed by atoms with Crippen molar-refractivity contribution >= 4 is 11.9 Å². The summed E-state index contributed by atoms with van der Waals surface area (Å²) in [5.41, 5.74) is 0.533. The molecule has 7 nitrogen and oxygen atoms in total. The Bertz CT molecular complexity index is 938. The molecule has 0 spiro atoms. The number of aromatic carboxylic acids is 1. The number of likely N-dealkylation sites (N-methyl/N-ethyl adjacent to an activating group) is 1. The van der Waals surface area contributed by atoms with Crippen LogP contribution >= 0.6 is 0 Å². The third-order valence-electron chi connectivity index (χ3n) is 6.58. The molecule has 0 aliphatic heterocycles. The maximum atomic E-state index is 13.5. The van der Waals surface area contributed by atoms with E-state index in [0.29, 0.717) is 13.2 Å². The number of methoxy groups -OCH3 is 1. The van der Waals surface area contributed by atoms with Crippen molar-refractivity contribution in [1.29, 1.82) is 0 Å². The first-order valence-corrected chi connectivity index (χ1v) is 11.5. The van der Waals surface area contributed by atoms with Gasteiger partial charge in [-0.05, 0) is 56.6 Å². The minimum atomic E-state index is -0.961. The van der Waals surface area contributed by atoms with Crippen molar-refractivity contribution in [1.82, 2.24) is 10.2 Å². The van der Waals surface area contributed by atoms with Gasteiger partial charge in [0.1, 0.15) is 23.6 Å². The molecule has 3 rings (SSSR count). The van der Waals surface area contributed by atoms with E-state index < -0.39 is 11.5 Å². The van der Waals surface area contributed by atoms with Crippen LogP contribution in [-0.4, -0.2) is 54.7 Å². The minimum Gasteiger partial charge on any atom is -0.497 e. The van der Waals surface area contributed by atoms with E-state index in [4.69, 9.17) is 14.6 Å². The van der Waals surface area contributed by atoms with Crippen molar-refractivity contribution in [3.8, 4) is 11.5 Å². The van der Waals surface area contributed by atoms with E-state index in [1.807, 2.05) is 38.2 Å². The Morgan fingerprint density at radius 3 is 2.39 bits per heavy atom. The minimum absolute atomic E-state index is 0.0147.